The van der Waals surface area contributed by atoms with Gasteiger partial charge in [-0.05, 0) is 48.9 Å². The second kappa shape index (κ2) is 6.97. The third-order valence-corrected chi connectivity index (χ3v) is 3.13. The van der Waals surface area contributed by atoms with Gasteiger partial charge in [-0.25, -0.2) is 8.78 Å². The van der Waals surface area contributed by atoms with E-state index in [0.29, 0.717) is 16.9 Å². The number of carbonyl (C=O) groups excluding carboxylic acids is 2. The monoisotopic (exact) mass is 319 g/mol. The summed E-state index contributed by atoms with van der Waals surface area (Å²) in [6, 6.07) is 7.77. The van der Waals surface area contributed by atoms with Gasteiger partial charge in [-0.15, -0.1) is 0 Å². The third-order valence-electron chi connectivity index (χ3n) is 3.13. The molecule has 5 nitrogen and oxygen atoms in total. The van der Waals surface area contributed by atoms with Crippen molar-refractivity contribution in [3.63, 3.8) is 0 Å². The van der Waals surface area contributed by atoms with E-state index in [9.17, 15) is 18.4 Å². The number of hydrogen-bond donors (Lipinski definition) is 3. The third kappa shape index (κ3) is 4.10. The van der Waals surface area contributed by atoms with Gasteiger partial charge in [0.2, 0.25) is 5.91 Å². The van der Waals surface area contributed by atoms with E-state index in [2.05, 4.69) is 10.6 Å². The van der Waals surface area contributed by atoms with Gasteiger partial charge < -0.3 is 16.4 Å². The van der Waals surface area contributed by atoms with Crippen LogP contribution in [0.5, 0.6) is 0 Å². The van der Waals surface area contributed by atoms with E-state index in [-0.39, 0.29) is 18.0 Å². The van der Waals surface area contributed by atoms with Gasteiger partial charge in [0.15, 0.2) is 11.6 Å². The summed E-state index contributed by atoms with van der Waals surface area (Å²) in [6.07, 6.45) is 0. The summed E-state index contributed by atoms with van der Waals surface area (Å²) < 4.78 is 26.0. The summed E-state index contributed by atoms with van der Waals surface area (Å²) in [5, 5.41) is 5.19. The standard InChI is InChI=1S/C16H15F2N3O2/c1-9-6-11(20-15(22)8-19)3-5-14(9)21-16(23)10-2-4-12(17)13(18)7-10/h2-7H,8,19H2,1H3,(H,20,22)(H,21,23). The molecule has 4 N–H and O–H groups in total. The van der Waals surface area contributed by atoms with Crippen LogP contribution in [0.15, 0.2) is 36.4 Å². The van der Waals surface area contributed by atoms with Gasteiger partial charge in [-0.1, -0.05) is 0 Å². The van der Waals surface area contributed by atoms with Crippen molar-refractivity contribution in [2.24, 2.45) is 5.73 Å². The van der Waals surface area contributed by atoms with Crippen LogP contribution in [-0.4, -0.2) is 18.4 Å². The second-order valence-corrected chi connectivity index (χ2v) is 4.87. The summed E-state index contributed by atoms with van der Waals surface area (Å²) in [4.78, 5) is 23.3. The van der Waals surface area contributed by atoms with Crippen molar-refractivity contribution in [3.8, 4) is 0 Å². The average Bonchev–Trinajstić information content (AvgIpc) is 2.52. The highest BCUT2D eigenvalue weighted by atomic mass is 19.2. The van der Waals surface area contributed by atoms with Crippen LogP contribution in [-0.2, 0) is 4.79 Å². The van der Waals surface area contributed by atoms with E-state index in [1.165, 1.54) is 6.07 Å². The summed E-state index contributed by atoms with van der Waals surface area (Å²) >= 11 is 0. The lowest BCUT2D eigenvalue weighted by Crippen LogP contribution is -2.22. The molecule has 0 bridgehead atoms. The number of nitrogens with one attached hydrogen (secondary N) is 2. The zero-order valence-electron chi connectivity index (χ0n) is 12.3. The fourth-order valence-electron chi connectivity index (χ4n) is 1.93. The zero-order chi connectivity index (χ0) is 17.0. The lowest BCUT2D eigenvalue weighted by atomic mass is 10.1. The maximum atomic E-state index is 13.2. The Hall–Kier alpha value is -2.80. The molecule has 0 aromatic heterocycles. The molecule has 0 radical (unpaired) electrons. The van der Waals surface area contributed by atoms with Crippen molar-refractivity contribution in [1.82, 2.24) is 0 Å². The van der Waals surface area contributed by atoms with Crippen LogP contribution in [0.3, 0.4) is 0 Å². The van der Waals surface area contributed by atoms with E-state index in [4.69, 9.17) is 5.73 Å². The number of carbonyl (C=O) groups is 2. The summed E-state index contributed by atoms with van der Waals surface area (Å²) in [5.41, 5.74) is 6.94. The molecule has 0 saturated carbocycles. The largest absolute Gasteiger partial charge is 0.325 e. The molecule has 0 aliphatic rings. The molecule has 0 heterocycles. The lowest BCUT2D eigenvalue weighted by Gasteiger charge is -2.11. The summed E-state index contributed by atoms with van der Waals surface area (Å²) in [6.45, 7) is 1.60. The summed E-state index contributed by atoms with van der Waals surface area (Å²) in [5.74, 6) is -3.00. The number of aryl methyl sites for hydroxylation is 1. The van der Waals surface area contributed by atoms with Crippen LogP contribution in [0.1, 0.15) is 15.9 Å². The van der Waals surface area contributed by atoms with Crippen LogP contribution in [0.2, 0.25) is 0 Å². The molecule has 0 saturated heterocycles. The first-order valence-electron chi connectivity index (χ1n) is 6.77. The zero-order valence-corrected chi connectivity index (χ0v) is 12.3. The molecule has 0 spiro atoms. The van der Waals surface area contributed by atoms with Gasteiger partial charge in [-0.3, -0.25) is 9.59 Å². The molecule has 2 aromatic rings. The van der Waals surface area contributed by atoms with Crippen LogP contribution in [0.25, 0.3) is 0 Å². The van der Waals surface area contributed by atoms with Crippen LogP contribution < -0.4 is 16.4 Å². The van der Waals surface area contributed by atoms with E-state index in [0.717, 1.165) is 12.1 Å². The lowest BCUT2D eigenvalue weighted by molar-refractivity contribution is -0.114. The Bertz CT molecular complexity index is 763. The van der Waals surface area contributed by atoms with Crippen molar-refractivity contribution in [2.45, 2.75) is 6.92 Å². The minimum absolute atomic E-state index is 0.00353. The van der Waals surface area contributed by atoms with Gasteiger partial charge in [0.25, 0.3) is 5.91 Å². The molecule has 2 rings (SSSR count). The van der Waals surface area contributed by atoms with Gasteiger partial charge in [0.1, 0.15) is 0 Å². The molecular weight excluding hydrogens is 304 g/mol. The van der Waals surface area contributed by atoms with Crippen molar-refractivity contribution >= 4 is 23.2 Å². The Labute approximate surface area is 131 Å². The number of hydrogen-bond acceptors (Lipinski definition) is 3. The number of rotatable bonds is 4. The first-order chi connectivity index (χ1) is 10.9. The van der Waals surface area contributed by atoms with E-state index in [1.54, 1.807) is 25.1 Å². The highest BCUT2D eigenvalue weighted by Crippen LogP contribution is 2.21. The SMILES string of the molecule is Cc1cc(NC(=O)CN)ccc1NC(=O)c1ccc(F)c(F)c1. The van der Waals surface area contributed by atoms with E-state index in [1.807, 2.05) is 0 Å². The van der Waals surface area contributed by atoms with Gasteiger partial charge in [0, 0.05) is 16.9 Å². The average molecular weight is 319 g/mol. The molecule has 0 fully saturated rings. The smallest absolute Gasteiger partial charge is 0.255 e. The quantitative estimate of drug-likeness (QED) is 0.809. The van der Waals surface area contributed by atoms with Gasteiger partial charge in [-0.2, -0.15) is 0 Å². The number of benzene rings is 2. The maximum absolute atomic E-state index is 13.2. The number of nitrogens with two attached hydrogens (primary N) is 1. The minimum Gasteiger partial charge on any atom is -0.325 e. The minimum atomic E-state index is -1.09. The molecule has 2 amide bonds. The molecule has 0 atom stereocenters. The maximum Gasteiger partial charge on any atom is 0.255 e. The van der Waals surface area contributed by atoms with Gasteiger partial charge >= 0.3 is 0 Å². The van der Waals surface area contributed by atoms with Crippen molar-refractivity contribution in [3.05, 3.63) is 59.2 Å². The molecule has 2 aromatic carbocycles. The predicted molar refractivity (Wildman–Crippen MR) is 83.2 cm³/mol. The number of anilines is 2. The van der Waals surface area contributed by atoms with Gasteiger partial charge in [0.05, 0.1) is 6.54 Å². The molecular formula is C16H15F2N3O2. The fraction of sp³-hybridized carbons (Fsp3) is 0.125. The second-order valence-electron chi connectivity index (χ2n) is 4.87. The molecule has 0 aliphatic heterocycles. The number of amides is 2. The van der Waals surface area contributed by atoms with E-state index >= 15 is 0 Å². The Morgan fingerprint density at radius 2 is 1.78 bits per heavy atom. The Morgan fingerprint density at radius 1 is 1.04 bits per heavy atom. The molecule has 23 heavy (non-hydrogen) atoms. The Kier molecular flexibility index (Phi) is 5.02. The Morgan fingerprint density at radius 3 is 2.39 bits per heavy atom. The predicted octanol–water partition coefficient (Wildman–Crippen LogP) is 2.42. The topological polar surface area (TPSA) is 84.2 Å². The first-order valence-corrected chi connectivity index (χ1v) is 6.77. The van der Waals surface area contributed by atoms with Crippen molar-refractivity contribution in [1.29, 1.82) is 0 Å². The molecule has 0 aliphatic carbocycles. The normalized spacial score (nSPS) is 10.3. The van der Waals surface area contributed by atoms with E-state index < -0.39 is 17.5 Å². The molecule has 7 heteroatoms. The van der Waals surface area contributed by atoms with Crippen LogP contribution in [0, 0.1) is 18.6 Å². The highest BCUT2D eigenvalue weighted by molar-refractivity contribution is 6.04. The number of halogens is 2. The van der Waals surface area contributed by atoms with Crippen molar-refractivity contribution < 1.29 is 18.4 Å². The van der Waals surface area contributed by atoms with Crippen molar-refractivity contribution in [2.75, 3.05) is 17.2 Å². The van der Waals surface area contributed by atoms with Crippen LogP contribution >= 0.6 is 0 Å². The highest BCUT2D eigenvalue weighted by Gasteiger charge is 2.11. The first kappa shape index (κ1) is 16.6. The molecule has 0 unspecified atom stereocenters. The Balaban J connectivity index is 2.14. The molecule has 120 valence electrons. The fourth-order valence-corrected chi connectivity index (χ4v) is 1.93. The summed E-state index contributed by atoms with van der Waals surface area (Å²) in [7, 11) is 0. The van der Waals surface area contributed by atoms with Crippen LogP contribution in [0.4, 0.5) is 20.2 Å².